The molecule has 5 heterocycles. The van der Waals surface area contributed by atoms with Crippen molar-refractivity contribution in [1.82, 2.24) is 30.0 Å². The SMILES string of the molecule is C=CC(=O)N1CC2(CCN(c3nc(N4CCCN(C)C4)nc4c(OCC(F)(F)F)c(-c5c(C)ccc6[nH]ncc56)c(C5CC5)cc34)CC2)C1. The van der Waals surface area contributed by atoms with Gasteiger partial charge in [-0.1, -0.05) is 12.6 Å². The van der Waals surface area contributed by atoms with Gasteiger partial charge in [-0.05, 0) is 86.9 Å². The Morgan fingerprint density at radius 1 is 1.08 bits per heavy atom. The van der Waals surface area contributed by atoms with Crippen molar-refractivity contribution in [3.8, 4) is 16.9 Å². The summed E-state index contributed by atoms with van der Waals surface area (Å²) in [5, 5.41) is 8.85. The molecule has 0 unspecified atom stereocenters. The molecule has 3 saturated heterocycles. The zero-order chi connectivity index (χ0) is 34.1. The van der Waals surface area contributed by atoms with E-state index in [9.17, 15) is 18.0 Å². The number of H-pyrrole nitrogens is 1. The Morgan fingerprint density at radius 3 is 2.55 bits per heavy atom. The van der Waals surface area contributed by atoms with Gasteiger partial charge in [-0.3, -0.25) is 14.8 Å². The summed E-state index contributed by atoms with van der Waals surface area (Å²) in [7, 11) is 2.05. The van der Waals surface area contributed by atoms with Crippen LogP contribution in [0.2, 0.25) is 0 Å². The maximum Gasteiger partial charge on any atom is 0.422 e. The van der Waals surface area contributed by atoms with Gasteiger partial charge in [-0.2, -0.15) is 23.3 Å². The Hall–Kier alpha value is -4.39. The van der Waals surface area contributed by atoms with E-state index in [4.69, 9.17) is 14.7 Å². The molecule has 1 N–H and O–H groups in total. The average Bonchev–Trinajstić information content (AvgIpc) is 3.81. The third-order valence-corrected chi connectivity index (χ3v) is 10.7. The van der Waals surface area contributed by atoms with Gasteiger partial charge in [0.1, 0.15) is 11.3 Å². The summed E-state index contributed by atoms with van der Waals surface area (Å²) in [4.78, 5) is 30.9. The van der Waals surface area contributed by atoms with Crippen LogP contribution in [-0.4, -0.2) is 102 Å². The molecule has 2 aromatic carbocycles. The summed E-state index contributed by atoms with van der Waals surface area (Å²) in [5.41, 5.74) is 4.61. The van der Waals surface area contributed by atoms with Crippen LogP contribution >= 0.6 is 0 Å². The number of piperidine rings is 1. The molecule has 2 aromatic heterocycles. The number of amides is 1. The van der Waals surface area contributed by atoms with Crippen molar-refractivity contribution in [1.29, 1.82) is 0 Å². The zero-order valence-electron chi connectivity index (χ0n) is 27.9. The maximum atomic E-state index is 14.0. The van der Waals surface area contributed by atoms with E-state index in [0.717, 1.165) is 78.6 Å². The normalized spacial score (nSPS) is 19.9. The van der Waals surface area contributed by atoms with Gasteiger partial charge in [0.15, 0.2) is 12.4 Å². The lowest BCUT2D eigenvalue weighted by Crippen LogP contribution is -2.61. The van der Waals surface area contributed by atoms with Crippen molar-refractivity contribution in [3.63, 3.8) is 0 Å². The first kappa shape index (κ1) is 31.9. The van der Waals surface area contributed by atoms with E-state index in [-0.39, 0.29) is 23.0 Å². The topological polar surface area (TPSA) is 93.7 Å². The van der Waals surface area contributed by atoms with E-state index in [1.54, 1.807) is 6.20 Å². The Morgan fingerprint density at radius 2 is 1.86 bits per heavy atom. The van der Waals surface area contributed by atoms with Gasteiger partial charge in [-0.15, -0.1) is 0 Å². The quantitative estimate of drug-likeness (QED) is 0.238. The fourth-order valence-corrected chi connectivity index (χ4v) is 8.02. The van der Waals surface area contributed by atoms with Crippen LogP contribution in [0.5, 0.6) is 5.75 Å². The van der Waals surface area contributed by atoms with E-state index >= 15 is 0 Å². The van der Waals surface area contributed by atoms with Gasteiger partial charge in [0, 0.05) is 61.0 Å². The first-order valence-corrected chi connectivity index (χ1v) is 17.1. The number of hydrogen-bond donors (Lipinski definition) is 1. The molecule has 0 atom stereocenters. The number of hydrogen-bond acceptors (Lipinski definition) is 8. The molecule has 0 bridgehead atoms. The fraction of sp³-hybridized carbons (Fsp3) is 0.500. The van der Waals surface area contributed by atoms with E-state index in [1.165, 1.54) is 6.08 Å². The second-order valence-electron chi connectivity index (χ2n) is 14.4. The number of aromatic amines is 1. The molecule has 8 rings (SSSR count). The highest BCUT2D eigenvalue weighted by atomic mass is 19.4. The molecular formula is C36H41F3N8O2. The Labute approximate surface area is 282 Å². The lowest BCUT2D eigenvalue weighted by atomic mass is 9.72. The monoisotopic (exact) mass is 674 g/mol. The molecule has 1 aliphatic carbocycles. The summed E-state index contributed by atoms with van der Waals surface area (Å²) in [6.45, 7) is 9.33. The first-order valence-electron chi connectivity index (χ1n) is 17.1. The minimum Gasteiger partial charge on any atom is -0.481 e. The van der Waals surface area contributed by atoms with Crippen molar-refractivity contribution >= 4 is 39.5 Å². The molecule has 13 heteroatoms. The Kier molecular flexibility index (Phi) is 7.73. The van der Waals surface area contributed by atoms with Crippen LogP contribution in [0, 0.1) is 12.3 Å². The molecular weight excluding hydrogens is 633 g/mol. The highest BCUT2D eigenvalue weighted by molar-refractivity contribution is 6.06. The van der Waals surface area contributed by atoms with Gasteiger partial charge in [0.25, 0.3) is 0 Å². The first-order chi connectivity index (χ1) is 23.5. The highest BCUT2D eigenvalue weighted by Crippen LogP contribution is 2.53. The molecule has 4 fully saturated rings. The largest absolute Gasteiger partial charge is 0.481 e. The average molecular weight is 675 g/mol. The van der Waals surface area contributed by atoms with Crippen LogP contribution in [0.15, 0.2) is 37.1 Å². The van der Waals surface area contributed by atoms with E-state index in [1.807, 2.05) is 31.0 Å². The van der Waals surface area contributed by atoms with Crippen molar-refractivity contribution in [2.45, 2.75) is 51.1 Å². The number of rotatable bonds is 7. The third kappa shape index (κ3) is 5.85. The van der Waals surface area contributed by atoms with Crippen LogP contribution in [0.1, 0.15) is 49.1 Å². The van der Waals surface area contributed by atoms with Gasteiger partial charge in [0.2, 0.25) is 11.9 Å². The molecule has 10 nitrogen and oxygen atoms in total. The van der Waals surface area contributed by atoms with E-state index < -0.39 is 12.8 Å². The van der Waals surface area contributed by atoms with Gasteiger partial charge in [-0.25, -0.2) is 4.98 Å². The second-order valence-corrected chi connectivity index (χ2v) is 14.4. The van der Waals surface area contributed by atoms with Crippen LogP contribution < -0.4 is 14.5 Å². The number of anilines is 2. The third-order valence-electron chi connectivity index (χ3n) is 10.7. The van der Waals surface area contributed by atoms with E-state index in [2.05, 4.69) is 37.5 Å². The standard InChI is InChI=1S/C36H41F3N8O2/c1-4-28(48)47-18-35(19-47)10-14-45(15-11-35)33-25-16-24(23-7-8-23)30(29-22(2)6-9-27-26(29)17-40-43-27)32(49-20-36(37,38)39)31(25)41-34(42-33)46-13-5-12-44(3)21-46/h4,6,9,16-17,23H,1,5,7-8,10-15,18-21H2,2-3H3,(H,40,43). The molecule has 0 radical (unpaired) electrons. The number of ether oxygens (including phenoxy) is 1. The molecule has 1 spiro atoms. The predicted molar refractivity (Wildman–Crippen MR) is 183 cm³/mol. The maximum absolute atomic E-state index is 14.0. The van der Waals surface area contributed by atoms with Crippen LogP contribution in [0.4, 0.5) is 24.9 Å². The number of fused-ring (bicyclic) bond motifs is 2. The van der Waals surface area contributed by atoms with Crippen molar-refractivity contribution < 1.29 is 22.7 Å². The van der Waals surface area contributed by atoms with Gasteiger partial charge >= 0.3 is 6.18 Å². The lowest BCUT2D eigenvalue weighted by molar-refractivity contribution is -0.153. The fourth-order valence-electron chi connectivity index (χ4n) is 8.02. The highest BCUT2D eigenvalue weighted by Gasteiger charge is 2.46. The number of likely N-dealkylation sites (tertiary alicyclic amines) is 1. The number of alkyl halides is 3. The summed E-state index contributed by atoms with van der Waals surface area (Å²) < 4.78 is 47.9. The number of nitrogens with zero attached hydrogens (tertiary/aromatic N) is 7. The number of aryl methyl sites for hydroxylation is 1. The molecule has 4 aromatic rings. The summed E-state index contributed by atoms with van der Waals surface area (Å²) in [6.07, 6.45) is 3.13. The number of benzene rings is 2. The molecule has 49 heavy (non-hydrogen) atoms. The van der Waals surface area contributed by atoms with Crippen molar-refractivity contribution in [3.05, 3.63) is 48.2 Å². The smallest absolute Gasteiger partial charge is 0.422 e. The van der Waals surface area contributed by atoms with Gasteiger partial charge < -0.3 is 19.4 Å². The van der Waals surface area contributed by atoms with Gasteiger partial charge in [0.05, 0.1) is 18.4 Å². The molecule has 3 aliphatic heterocycles. The molecule has 258 valence electrons. The molecule has 1 amide bonds. The van der Waals surface area contributed by atoms with Crippen molar-refractivity contribution in [2.24, 2.45) is 5.41 Å². The summed E-state index contributed by atoms with van der Waals surface area (Å²) in [6, 6.07) is 6.04. The second kappa shape index (κ2) is 11.9. The number of carbonyl (C=O) groups is 1. The number of halogens is 3. The zero-order valence-corrected chi connectivity index (χ0v) is 27.9. The minimum atomic E-state index is -4.55. The lowest BCUT2D eigenvalue weighted by Gasteiger charge is -2.54. The number of nitrogens with one attached hydrogen (secondary N) is 1. The van der Waals surface area contributed by atoms with E-state index in [0.29, 0.717) is 55.3 Å². The number of carbonyl (C=O) groups excluding carboxylic acids is 1. The van der Waals surface area contributed by atoms with Crippen LogP contribution in [0.3, 0.4) is 0 Å². The van der Waals surface area contributed by atoms with Crippen LogP contribution in [0.25, 0.3) is 32.9 Å². The Balaban J connectivity index is 1.32. The summed E-state index contributed by atoms with van der Waals surface area (Å²) in [5.74, 6) is 1.51. The van der Waals surface area contributed by atoms with Crippen molar-refractivity contribution in [2.75, 3.05) is 69.4 Å². The van der Waals surface area contributed by atoms with Crippen LogP contribution in [-0.2, 0) is 4.79 Å². The number of aromatic nitrogens is 4. The summed E-state index contributed by atoms with van der Waals surface area (Å²) >= 11 is 0. The Bertz CT molecular complexity index is 1940. The predicted octanol–water partition coefficient (Wildman–Crippen LogP) is 6.01. The molecule has 4 aliphatic rings. The minimum absolute atomic E-state index is 0.0397. The molecule has 1 saturated carbocycles.